The predicted octanol–water partition coefficient (Wildman–Crippen LogP) is 2.31. The number of nitrogens with zero attached hydrogens (tertiary/aromatic N) is 1. The number of nitrogens with one attached hydrogen (secondary N) is 1. The fraction of sp³-hybridized carbons (Fsp3) is 0.562. The van der Waals surface area contributed by atoms with Crippen LogP contribution in [0.5, 0.6) is 0 Å². The molecule has 1 saturated carbocycles. The number of hydrogen-bond donors (Lipinski definition) is 2. The van der Waals surface area contributed by atoms with Crippen molar-refractivity contribution in [2.45, 2.75) is 43.9 Å². The Morgan fingerprint density at radius 2 is 2.17 bits per heavy atom. The molecular weight excluding hydrogens is 334 g/mol. The number of sulfonamides is 1. The highest BCUT2D eigenvalue weighted by Crippen LogP contribution is 2.33. The Hall–Kier alpha value is -1.13. The fourth-order valence-corrected chi connectivity index (χ4v) is 4.90. The molecule has 0 heterocycles. The second kappa shape index (κ2) is 8.11. The zero-order valence-corrected chi connectivity index (χ0v) is 14.9. The van der Waals surface area contributed by atoms with Crippen LogP contribution >= 0.6 is 12.4 Å². The van der Waals surface area contributed by atoms with Crippen LogP contribution in [-0.4, -0.2) is 20.5 Å². The largest absolute Gasteiger partial charge is 0.329 e. The first kappa shape index (κ1) is 19.9. The Bertz CT molecular complexity index is 672. The number of rotatable bonds is 5. The lowest BCUT2D eigenvalue weighted by Crippen LogP contribution is -2.59. The average molecular weight is 358 g/mol. The van der Waals surface area contributed by atoms with Crippen LogP contribution in [0.25, 0.3) is 0 Å². The van der Waals surface area contributed by atoms with E-state index in [1.165, 1.54) is 0 Å². The fourth-order valence-electron chi connectivity index (χ4n) is 3.21. The standard InChI is InChI=1S/C16H23N3O2S.ClH/c1-13-5-2-3-8-16(13,12-18)19-22(20,21)11-15-7-4-6-14(9-15)10-17;/h4,6-7,9,13,19H,2-3,5,8,11-12,18H2,1H3;1H. The molecule has 1 aliphatic carbocycles. The maximum Gasteiger partial charge on any atom is 0.216 e. The van der Waals surface area contributed by atoms with Crippen LogP contribution < -0.4 is 10.5 Å². The van der Waals surface area contributed by atoms with Crippen molar-refractivity contribution in [3.63, 3.8) is 0 Å². The molecule has 1 aromatic rings. The van der Waals surface area contributed by atoms with E-state index in [1.54, 1.807) is 24.3 Å². The molecule has 0 radical (unpaired) electrons. The van der Waals surface area contributed by atoms with Gasteiger partial charge in [-0.15, -0.1) is 12.4 Å². The molecule has 0 spiro atoms. The minimum atomic E-state index is -3.50. The topological polar surface area (TPSA) is 96.0 Å². The number of hydrogen-bond acceptors (Lipinski definition) is 4. The smallest absolute Gasteiger partial charge is 0.216 e. The first-order valence-corrected chi connectivity index (χ1v) is 9.27. The molecule has 2 unspecified atom stereocenters. The first-order valence-electron chi connectivity index (χ1n) is 7.61. The van der Waals surface area contributed by atoms with Crippen LogP contribution in [0.4, 0.5) is 0 Å². The van der Waals surface area contributed by atoms with Crippen LogP contribution in [0, 0.1) is 17.2 Å². The lowest BCUT2D eigenvalue weighted by Gasteiger charge is -2.42. The summed E-state index contributed by atoms with van der Waals surface area (Å²) in [6.45, 7) is 2.37. The minimum Gasteiger partial charge on any atom is -0.329 e. The quantitative estimate of drug-likeness (QED) is 0.845. The summed E-state index contributed by atoms with van der Waals surface area (Å²) >= 11 is 0. The Morgan fingerprint density at radius 1 is 1.43 bits per heavy atom. The molecule has 1 aliphatic rings. The van der Waals surface area contributed by atoms with Gasteiger partial charge in [0, 0.05) is 12.1 Å². The number of halogens is 1. The van der Waals surface area contributed by atoms with Gasteiger partial charge in [0.1, 0.15) is 0 Å². The van der Waals surface area contributed by atoms with Crippen molar-refractivity contribution in [1.82, 2.24) is 4.72 Å². The highest BCUT2D eigenvalue weighted by atomic mass is 35.5. The molecule has 0 aromatic heterocycles. The molecule has 1 aromatic carbocycles. The van der Waals surface area contributed by atoms with Gasteiger partial charge in [-0.2, -0.15) is 5.26 Å². The van der Waals surface area contributed by atoms with Gasteiger partial charge in [0.05, 0.1) is 17.4 Å². The molecule has 0 saturated heterocycles. The van der Waals surface area contributed by atoms with E-state index in [2.05, 4.69) is 11.6 Å². The summed E-state index contributed by atoms with van der Waals surface area (Å²) in [5.74, 6) is 0.100. The second-order valence-corrected chi connectivity index (χ2v) is 7.90. The van der Waals surface area contributed by atoms with Gasteiger partial charge < -0.3 is 5.73 Å². The normalized spacial score (nSPS) is 24.5. The van der Waals surface area contributed by atoms with Crippen molar-refractivity contribution in [3.8, 4) is 6.07 Å². The van der Waals surface area contributed by atoms with Crippen LogP contribution in [-0.2, 0) is 15.8 Å². The molecule has 5 nitrogen and oxygen atoms in total. The van der Waals surface area contributed by atoms with Crippen molar-refractivity contribution in [2.24, 2.45) is 11.7 Å². The number of benzene rings is 1. The van der Waals surface area contributed by atoms with E-state index < -0.39 is 15.6 Å². The third-order valence-electron chi connectivity index (χ3n) is 4.59. The first-order chi connectivity index (χ1) is 10.4. The van der Waals surface area contributed by atoms with Gasteiger partial charge >= 0.3 is 0 Å². The molecule has 128 valence electrons. The van der Waals surface area contributed by atoms with Crippen molar-refractivity contribution in [3.05, 3.63) is 35.4 Å². The van der Waals surface area contributed by atoms with Crippen molar-refractivity contribution in [1.29, 1.82) is 5.26 Å². The molecule has 0 bridgehead atoms. The Kier molecular flexibility index (Phi) is 7.02. The minimum absolute atomic E-state index is 0. The highest BCUT2D eigenvalue weighted by molar-refractivity contribution is 7.88. The number of nitriles is 1. The summed E-state index contributed by atoms with van der Waals surface area (Å²) in [5.41, 5.74) is 6.45. The maximum absolute atomic E-state index is 12.5. The van der Waals surface area contributed by atoms with E-state index in [0.29, 0.717) is 17.7 Å². The highest BCUT2D eigenvalue weighted by Gasteiger charge is 2.40. The maximum atomic E-state index is 12.5. The summed E-state index contributed by atoms with van der Waals surface area (Å²) in [5, 5.41) is 8.90. The molecule has 23 heavy (non-hydrogen) atoms. The van der Waals surface area contributed by atoms with Crippen molar-refractivity contribution >= 4 is 22.4 Å². The molecule has 3 N–H and O–H groups in total. The molecule has 2 atom stereocenters. The van der Waals surface area contributed by atoms with E-state index in [0.717, 1.165) is 25.7 Å². The van der Waals surface area contributed by atoms with Gasteiger partial charge in [-0.3, -0.25) is 0 Å². The lowest BCUT2D eigenvalue weighted by molar-refractivity contribution is 0.191. The van der Waals surface area contributed by atoms with Gasteiger partial charge in [0.15, 0.2) is 0 Å². The van der Waals surface area contributed by atoms with E-state index in [4.69, 9.17) is 11.0 Å². The molecule has 0 amide bonds. The Morgan fingerprint density at radius 3 is 2.78 bits per heavy atom. The van der Waals surface area contributed by atoms with Crippen molar-refractivity contribution in [2.75, 3.05) is 6.54 Å². The Labute approximate surface area is 144 Å². The van der Waals surface area contributed by atoms with E-state index >= 15 is 0 Å². The summed E-state index contributed by atoms with van der Waals surface area (Å²) < 4.78 is 27.9. The SMILES string of the molecule is CC1CCCCC1(CN)NS(=O)(=O)Cc1cccc(C#N)c1.Cl. The van der Waals surface area contributed by atoms with Crippen LogP contribution in [0.3, 0.4) is 0 Å². The van der Waals surface area contributed by atoms with Gasteiger partial charge in [-0.25, -0.2) is 13.1 Å². The molecule has 0 aliphatic heterocycles. The van der Waals surface area contributed by atoms with E-state index in [-0.39, 0.29) is 24.1 Å². The number of nitrogens with two attached hydrogens (primary N) is 1. The van der Waals surface area contributed by atoms with E-state index in [9.17, 15) is 8.42 Å². The molecular formula is C16H24ClN3O2S. The zero-order chi connectivity index (χ0) is 16.2. The third-order valence-corrected chi connectivity index (χ3v) is 6.02. The summed E-state index contributed by atoms with van der Waals surface area (Å²) in [6, 6.07) is 8.72. The van der Waals surface area contributed by atoms with E-state index in [1.807, 2.05) is 6.07 Å². The average Bonchev–Trinajstić information content (AvgIpc) is 2.49. The Balaban J connectivity index is 0.00000264. The summed E-state index contributed by atoms with van der Waals surface area (Å²) in [7, 11) is -3.50. The molecule has 2 rings (SSSR count). The monoisotopic (exact) mass is 357 g/mol. The van der Waals surface area contributed by atoms with Gasteiger partial charge in [0.2, 0.25) is 10.0 Å². The van der Waals surface area contributed by atoms with Gasteiger partial charge in [0.25, 0.3) is 0 Å². The molecule has 1 fully saturated rings. The van der Waals surface area contributed by atoms with Crippen LogP contribution in [0.2, 0.25) is 0 Å². The van der Waals surface area contributed by atoms with Crippen molar-refractivity contribution < 1.29 is 8.42 Å². The van der Waals surface area contributed by atoms with Gasteiger partial charge in [-0.1, -0.05) is 31.9 Å². The predicted molar refractivity (Wildman–Crippen MR) is 93.6 cm³/mol. The van der Waals surface area contributed by atoms with Crippen LogP contribution in [0.1, 0.15) is 43.7 Å². The van der Waals surface area contributed by atoms with Gasteiger partial charge in [-0.05, 0) is 36.5 Å². The lowest BCUT2D eigenvalue weighted by atomic mass is 9.74. The zero-order valence-electron chi connectivity index (χ0n) is 13.3. The third kappa shape index (κ3) is 4.92. The summed E-state index contributed by atoms with van der Waals surface area (Å²) in [6.07, 6.45) is 3.88. The molecule has 7 heteroatoms. The summed E-state index contributed by atoms with van der Waals surface area (Å²) in [4.78, 5) is 0. The second-order valence-electron chi connectivity index (χ2n) is 6.18. The van der Waals surface area contributed by atoms with Crippen LogP contribution in [0.15, 0.2) is 24.3 Å².